The number of sulfonamides is 1. The summed E-state index contributed by atoms with van der Waals surface area (Å²) in [6, 6.07) is 33.4. The van der Waals surface area contributed by atoms with Crippen molar-refractivity contribution in [2.75, 3.05) is 13.7 Å². The van der Waals surface area contributed by atoms with Crippen molar-refractivity contribution in [3.63, 3.8) is 0 Å². The largest absolute Gasteiger partial charge is 0.468 e. The summed E-state index contributed by atoms with van der Waals surface area (Å²) in [5.41, 5.74) is 1.05. The van der Waals surface area contributed by atoms with E-state index in [4.69, 9.17) is 9.47 Å². The number of hydrogen-bond donors (Lipinski definition) is 1. The molecule has 0 aliphatic carbocycles. The van der Waals surface area contributed by atoms with Crippen LogP contribution in [0.15, 0.2) is 120 Å². The Kier molecular flexibility index (Phi) is 9.91. The Hall–Kier alpha value is -4.47. The minimum Gasteiger partial charge on any atom is -0.468 e. The van der Waals surface area contributed by atoms with Crippen molar-refractivity contribution in [2.45, 2.75) is 49.8 Å². The van der Waals surface area contributed by atoms with Gasteiger partial charge in [0.25, 0.3) is 10.0 Å². The van der Waals surface area contributed by atoms with Crippen molar-refractivity contribution in [1.82, 2.24) is 9.62 Å². The Morgan fingerprint density at radius 2 is 1.18 bits per heavy atom. The number of nitrogens with zero attached hydrogens (tertiary/aromatic N) is 1. The summed E-state index contributed by atoms with van der Waals surface area (Å²) in [7, 11) is -3.24. The number of esters is 1. The minimum atomic E-state index is -4.46. The molecular formula is C35H38N2O6S. The summed E-state index contributed by atoms with van der Waals surface area (Å²) >= 11 is 0. The van der Waals surface area contributed by atoms with E-state index in [9.17, 15) is 18.0 Å². The maximum absolute atomic E-state index is 14.0. The number of carbonyl (C=O) groups is 2. The molecule has 1 atom stereocenters. The predicted molar refractivity (Wildman–Crippen MR) is 169 cm³/mol. The Labute approximate surface area is 259 Å². The van der Waals surface area contributed by atoms with Crippen LogP contribution in [0.1, 0.15) is 43.0 Å². The maximum atomic E-state index is 14.0. The number of nitrogens with one attached hydrogen (secondary N) is 1. The van der Waals surface area contributed by atoms with E-state index in [1.165, 1.54) is 19.2 Å². The van der Waals surface area contributed by atoms with Crippen LogP contribution in [0.25, 0.3) is 0 Å². The number of rotatable bonds is 10. The Morgan fingerprint density at radius 1 is 0.750 bits per heavy atom. The molecule has 230 valence electrons. The van der Waals surface area contributed by atoms with E-state index in [-0.39, 0.29) is 4.90 Å². The first-order chi connectivity index (χ1) is 20.9. The van der Waals surface area contributed by atoms with Gasteiger partial charge in [0, 0.05) is 0 Å². The fourth-order valence-electron chi connectivity index (χ4n) is 4.98. The van der Waals surface area contributed by atoms with Gasteiger partial charge >= 0.3 is 12.1 Å². The van der Waals surface area contributed by atoms with Crippen molar-refractivity contribution in [2.24, 2.45) is 0 Å². The lowest BCUT2D eigenvalue weighted by molar-refractivity contribution is -0.143. The number of amides is 1. The predicted octanol–water partition coefficient (Wildman–Crippen LogP) is 6.04. The third kappa shape index (κ3) is 7.18. The van der Waals surface area contributed by atoms with Crippen LogP contribution in [0.3, 0.4) is 0 Å². The van der Waals surface area contributed by atoms with Crippen molar-refractivity contribution >= 4 is 22.1 Å². The van der Waals surface area contributed by atoms with Crippen LogP contribution in [-0.4, -0.2) is 50.1 Å². The molecule has 0 fully saturated rings. The number of benzene rings is 4. The molecule has 0 heterocycles. The van der Waals surface area contributed by atoms with Crippen molar-refractivity contribution < 1.29 is 27.5 Å². The van der Waals surface area contributed by atoms with Crippen LogP contribution in [0, 0.1) is 6.92 Å². The van der Waals surface area contributed by atoms with E-state index in [2.05, 4.69) is 5.32 Å². The van der Waals surface area contributed by atoms with Gasteiger partial charge in [-0.3, -0.25) is 10.1 Å². The van der Waals surface area contributed by atoms with Gasteiger partial charge in [-0.2, -0.15) is 4.31 Å². The van der Waals surface area contributed by atoms with E-state index in [0.29, 0.717) is 4.31 Å². The quantitative estimate of drug-likeness (QED) is 0.172. The van der Waals surface area contributed by atoms with Gasteiger partial charge in [-0.05, 0) is 56.5 Å². The van der Waals surface area contributed by atoms with Crippen LogP contribution >= 0.6 is 0 Å². The van der Waals surface area contributed by atoms with Crippen LogP contribution in [-0.2, 0) is 29.8 Å². The monoisotopic (exact) mass is 614 g/mol. The van der Waals surface area contributed by atoms with Gasteiger partial charge in [0.2, 0.25) is 0 Å². The molecule has 0 aliphatic rings. The topological polar surface area (TPSA) is 102 Å². The van der Waals surface area contributed by atoms with E-state index < -0.39 is 45.8 Å². The Morgan fingerprint density at radius 3 is 1.57 bits per heavy atom. The highest BCUT2D eigenvalue weighted by molar-refractivity contribution is 7.89. The number of hydrogen-bond acceptors (Lipinski definition) is 7. The third-order valence-corrected chi connectivity index (χ3v) is 8.80. The molecule has 0 saturated heterocycles. The van der Waals surface area contributed by atoms with Crippen LogP contribution in [0.2, 0.25) is 0 Å². The van der Waals surface area contributed by atoms with E-state index in [0.717, 1.165) is 22.3 Å². The lowest BCUT2D eigenvalue weighted by Gasteiger charge is -2.40. The van der Waals surface area contributed by atoms with E-state index >= 15 is 0 Å². The van der Waals surface area contributed by atoms with Gasteiger partial charge in [-0.1, -0.05) is 109 Å². The normalized spacial score (nSPS) is 12.7. The summed E-state index contributed by atoms with van der Waals surface area (Å²) in [6.45, 7) is 6.15. The molecule has 1 amide bonds. The van der Waals surface area contributed by atoms with Crippen molar-refractivity contribution in [1.29, 1.82) is 0 Å². The fourth-order valence-corrected chi connectivity index (χ4v) is 6.30. The second kappa shape index (κ2) is 13.4. The molecule has 4 rings (SSSR count). The average molecular weight is 615 g/mol. The summed E-state index contributed by atoms with van der Waals surface area (Å²) in [6.07, 6.45) is -1.11. The molecule has 0 saturated carbocycles. The summed E-state index contributed by atoms with van der Waals surface area (Å²) in [5.74, 6) is -0.759. The highest BCUT2D eigenvalue weighted by Gasteiger charge is 2.43. The number of aryl methyl sites for hydroxylation is 1. The SMILES string of the molecule is COC(=O)[C@H](CN(C(=O)OC(C)(C)C)S(=O)(=O)c1ccc(C)cc1)NC(c1ccccc1)(c1ccccc1)c1ccccc1. The van der Waals surface area contributed by atoms with Crippen molar-refractivity contribution in [3.05, 3.63) is 138 Å². The first kappa shape index (κ1) is 32.4. The molecule has 9 heteroatoms. The number of ether oxygens (including phenoxy) is 2. The maximum Gasteiger partial charge on any atom is 0.424 e. The van der Waals surface area contributed by atoms with Gasteiger partial charge < -0.3 is 9.47 Å². The molecule has 44 heavy (non-hydrogen) atoms. The molecular weight excluding hydrogens is 576 g/mol. The Bertz CT molecular complexity index is 1560. The third-order valence-electron chi connectivity index (χ3n) is 7.05. The van der Waals surface area contributed by atoms with Crippen LogP contribution in [0.5, 0.6) is 0 Å². The number of carbonyl (C=O) groups excluding carboxylic acids is 2. The smallest absolute Gasteiger partial charge is 0.424 e. The van der Waals surface area contributed by atoms with Gasteiger partial charge in [0.05, 0.1) is 24.1 Å². The molecule has 0 radical (unpaired) electrons. The molecule has 0 spiro atoms. The highest BCUT2D eigenvalue weighted by atomic mass is 32.2. The summed E-state index contributed by atoms with van der Waals surface area (Å²) < 4.78 is 39.4. The second-order valence-electron chi connectivity index (χ2n) is 11.4. The van der Waals surface area contributed by atoms with Crippen LogP contribution in [0.4, 0.5) is 4.79 Å². The molecule has 0 bridgehead atoms. The first-order valence-corrected chi connectivity index (χ1v) is 15.7. The molecule has 8 nitrogen and oxygen atoms in total. The number of methoxy groups -OCH3 is 1. The second-order valence-corrected chi connectivity index (χ2v) is 13.3. The average Bonchev–Trinajstić information content (AvgIpc) is 3.01. The van der Waals surface area contributed by atoms with E-state index in [1.54, 1.807) is 32.9 Å². The summed E-state index contributed by atoms with van der Waals surface area (Å²) in [4.78, 5) is 27.1. The molecule has 0 aromatic heterocycles. The van der Waals surface area contributed by atoms with E-state index in [1.807, 2.05) is 97.9 Å². The van der Waals surface area contributed by atoms with Gasteiger partial charge in [-0.15, -0.1) is 0 Å². The lowest BCUT2D eigenvalue weighted by atomic mass is 9.76. The molecule has 4 aromatic rings. The zero-order chi connectivity index (χ0) is 32.0. The van der Waals surface area contributed by atoms with Gasteiger partial charge in [0.1, 0.15) is 11.6 Å². The zero-order valence-corrected chi connectivity index (χ0v) is 26.4. The Balaban J connectivity index is 1.92. The molecule has 0 aliphatic heterocycles. The zero-order valence-electron chi connectivity index (χ0n) is 25.6. The standard InChI is InChI=1S/C35H38N2O6S/c1-26-21-23-30(24-22-26)44(40,41)37(33(39)43-34(2,3)4)25-31(32(38)42-5)36-35(27-15-9-6-10-16-27,28-17-11-7-12-18-28)29-19-13-8-14-20-29/h6-24,31,36H,25H2,1-5H3/t31-/m0/s1. The molecule has 0 unspecified atom stereocenters. The van der Waals surface area contributed by atoms with Crippen molar-refractivity contribution in [3.8, 4) is 0 Å². The highest BCUT2D eigenvalue weighted by Crippen LogP contribution is 2.37. The van der Waals surface area contributed by atoms with Gasteiger partial charge in [-0.25, -0.2) is 13.2 Å². The fraction of sp³-hybridized carbons (Fsp3) is 0.257. The molecule has 4 aromatic carbocycles. The van der Waals surface area contributed by atoms with Gasteiger partial charge in [0.15, 0.2) is 0 Å². The minimum absolute atomic E-state index is 0.113. The summed E-state index contributed by atoms with van der Waals surface area (Å²) in [5, 5.41) is 3.46. The van der Waals surface area contributed by atoms with Crippen LogP contribution < -0.4 is 5.32 Å². The lowest BCUT2D eigenvalue weighted by Crippen LogP contribution is -2.58. The molecule has 1 N–H and O–H groups in total. The first-order valence-electron chi connectivity index (χ1n) is 14.2.